The molecule has 25 heavy (non-hydrogen) atoms. The summed E-state index contributed by atoms with van der Waals surface area (Å²) in [5.74, 6) is -2.30. The van der Waals surface area contributed by atoms with E-state index in [1.54, 1.807) is 6.92 Å². The number of hydrogen-bond acceptors (Lipinski definition) is 5. The van der Waals surface area contributed by atoms with Crippen LogP contribution in [0.3, 0.4) is 0 Å². The maximum Gasteiger partial charge on any atom is 0.137 e. The fraction of sp³-hybridized carbons (Fsp3) is 0.250. The molecule has 2 aromatic heterocycles. The second-order valence-electron chi connectivity index (χ2n) is 5.63. The Kier molecular flexibility index (Phi) is 4.73. The number of benzene rings is 1. The van der Waals surface area contributed by atoms with Crippen molar-refractivity contribution in [2.75, 3.05) is 0 Å². The number of aromatic nitrogens is 5. The predicted octanol–water partition coefficient (Wildman–Crippen LogP) is 2.69. The van der Waals surface area contributed by atoms with Crippen molar-refractivity contribution in [2.45, 2.75) is 25.0 Å². The van der Waals surface area contributed by atoms with Gasteiger partial charge in [-0.25, -0.2) is 28.4 Å². The van der Waals surface area contributed by atoms with Crippen LogP contribution in [0, 0.1) is 11.6 Å². The molecule has 0 bridgehead atoms. The van der Waals surface area contributed by atoms with Gasteiger partial charge in [-0.2, -0.15) is 5.10 Å². The van der Waals surface area contributed by atoms with Crippen LogP contribution in [0.15, 0.2) is 43.2 Å². The fourth-order valence-electron chi connectivity index (χ4n) is 2.69. The van der Waals surface area contributed by atoms with Crippen LogP contribution < -0.4 is 0 Å². The Morgan fingerprint density at radius 2 is 2.04 bits per heavy atom. The minimum Gasteiger partial charge on any atom is -0.382 e. The van der Waals surface area contributed by atoms with Gasteiger partial charge in [0.1, 0.15) is 41.4 Å². The van der Waals surface area contributed by atoms with E-state index in [4.69, 9.17) is 11.6 Å². The van der Waals surface area contributed by atoms with Gasteiger partial charge in [0.2, 0.25) is 0 Å². The third-order valence-corrected chi connectivity index (χ3v) is 4.29. The second-order valence-corrected chi connectivity index (χ2v) is 6.02. The molecule has 0 fully saturated rings. The number of rotatable bonds is 5. The highest BCUT2D eigenvalue weighted by molar-refractivity contribution is 6.29. The number of aliphatic hydroxyl groups is 1. The summed E-state index contributed by atoms with van der Waals surface area (Å²) < 4.78 is 29.1. The molecule has 9 heteroatoms. The van der Waals surface area contributed by atoms with Crippen LogP contribution in [0.5, 0.6) is 0 Å². The molecule has 1 N–H and O–H groups in total. The molecular formula is C16H14ClF2N5O. The zero-order valence-electron chi connectivity index (χ0n) is 13.1. The van der Waals surface area contributed by atoms with Gasteiger partial charge < -0.3 is 5.11 Å². The highest BCUT2D eigenvalue weighted by atomic mass is 35.5. The zero-order valence-corrected chi connectivity index (χ0v) is 13.9. The van der Waals surface area contributed by atoms with Gasteiger partial charge in [0.25, 0.3) is 0 Å². The van der Waals surface area contributed by atoms with Crippen molar-refractivity contribution in [2.24, 2.45) is 0 Å². The highest BCUT2D eigenvalue weighted by Gasteiger charge is 2.40. The molecule has 1 aromatic carbocycles. The molecule has 0 aliphatic rings. The standard InChI is InChI=1S/C16H14ClF2N5O/c1-10(14-5-15(17)22-8-21-14)16(25,6-24-9-20-7-23-24)12-3-2-11(18)4-13(12)19/h2-5,7-10,25H,6H2,1H3/t10-,16+/m1/s1. The van der Waals surface area contributed by atoms with E-state index >= 15 is 0 Å². The maximum atomic E-state index is 14.4. The first-order chi connectivity index (χ1) is 11.9. The van der Waals surface area contributed by atoms with Crippen molar-refractivity contribution < 1.29 is 13.9 Å². The zero-order chi connectivity index (χ0) is 18.0. The molecule has 0 saturated carbocycles. The van der Waals surface area contributed by atoms with Crippen molar-refractivity contribution >= 4 is 11.6 Å². The van der Waals surface area contributed by atoms with Gasteiger partial charge >= 0.3 is 0 Å². The molecule has 0 saturated heterocycles. The SMILES string of the molecule is C[C@H](c1cc(Cl)ncn1)[C@@](O)(Cn1cncn1)c1ccc(F)cc1F. The summed E-state index contributed by atoms with van der Waals surface area (Å²) in [7, 11) is 0. The average molecular weight is 366 g/mol. The quantitative estimate of drug-likeness (QED) is 0.703. The van der Waals surface area contributed by atoms with Gasteiger partial charge in [-0.15, -0.1) is 0 Å². The average Bonchev–Trinajstić information content (AvgIpc) is 3.06. The monoisotopic (exact) mass is 365 g/mol. The summed E-state index contributed by atoms with van der Waals surface area (Å²) in [5, 5.41) is 15.5. The van der Waals surface area contributed by atoms with E-state index in [1.165, 1.54) is 35.8 Å². The van der Waals surface area contributed by atoms with E-state index in [1.807, 2.05) is 0 Å². The molecule has 0 radical (unpaired) electrons. The lowest BCUT2D eigenvalue weighted by Gasteiger charge is -2.34. The highest BCUT2D eigenvalue weighted by Crippen LogP contribution is 2.39. The Balaban J connectivity index is 2.11. The predicted molar refractivity (Wildman–Crippen MR) is 85.7 cm³/mol. The fourth-order valence-corrected chi connectivity index (χ4v) is 2.84. The molecule has 3 rings (SSSR count). The third-order valence-electron chi connectivity index (χ3n) is 4.08. The molecule has 6 nitrogen and oxygen atoms in total. The normalized spacial score (nSPS) is 14.9. The maximum absolute atomic E-state index is 14.4. The van der Waals surface area contributed by atoms with Gasteiger partial charge in [0.05, 0.1) is 12.2 Å². The van der Waals surface area contributed by atoms with Gasteiger partial charge in [-0.05, 0) is 12.1 Å². The lowest BCUT2D eigenvalue weighted by atomic mass is 9.80. The molecule has 2 atom stereocenters. The summed E-state index contributed by atoms with van der Waals surface area (Å²) in [6.45, 7) is 1.55. The first-order valence-electron chi connectivity index (χ1n) is 7.38. The van der Waals surface area contributed by atoms with E-state index in [-0.39, 0.29) is 17.3 Å². The molecule has 0 aliphatic heterocycles. The number of nitrogens with zero attached hydrogens (tertiary/aromatic N) is 5. The van der Waals surface area contributed by atoms with Gasteiger partial charge in [0, 0.05) is 17.5 Å². The Labute approximate surface area is 147 Å². The van der Waals surface area contributed by atoms with Crippen LogP contribution in [0.2, 0.25) is 5.15 Å². The topological polar surface area (TPSA) is 76.7 Å². The molecule has 0 spiro atoms. The largest absolute Gasteiger partial charge is 0.382 e. The van der Waals surface area contributed by atoms with Gasteiger partial charge in [-0.1, -0.05) is 24.6 Å². The van der Waals surface area contributed by atoms with Crippen LogP contribution in [0.1, 0.15) is 24.1 Å². The van der Waals surface area contributed by atoms with E-state index < -0.39 is 23.2 Å². The summed E-state index contributed by atoms with van der Waals surface area (Å²) in [6, 6.07) is 4.51. The lowest BCUT2D eigenvalue weighted by Crippen LogP contribution is -2.38. The van der Waals surface area contributed by atoms with E-state index in [0.29, 0.717) is 5.69 Å². The number of halogens is 3. The second kappa shape index (κ2) is 6.81. The van der Waals surface area contributed by atoms with Crippen molar-refractivity contribution in [3.05, 3.63) is 71.3 Å². The van der Waals surface area contributed by atoms with Crippen molar-refractivity contribution in [3.63, 3.8) is 0 Å². The van der Waals surface area contributed by atoms with Crippen molar-refractivity contribution in [1.82, 2.24) is 24.7 Å². The summed E-state index contributed by atoms with van der Waals surface area (Å²) in [5.41, 5.74) is -1.44. The molecule has 0 amide bonds. The lowest BCUT2D eigenvalue weighted by molar-refractivity contribution is -0.0123. The Morgan fingerprint density at radius 1 is 1.24 bits per heavy atom. The Morgan fingerprint density at radius 3 is 2.68 bits per heavy atom. The molecule has 2 heterocycles. The first-order valence-corrected chi connectivity index (χ1v) is 7.75. The molecular weight excluding hydrogens is 352 g/mol. The molecule has 0 aliphatic carbocycles. The van der Waals surface area contributed by atoms with Gasteiger partial charge in [-0.3, -0.25) is 0 Å². The van der Waals surface area contributed by atoms with Crippen molar-refractivity contribution in [1.29, 1.82) is 0 Å². The molecule has 130 valence electrons. The summed E-state index contributed by atoms with van der Waals surface area (Å²) >= 11 is 5.90. The Bertz CT molecular complexity index is 877. The van der Waals surface area contributed by atoms with Crippen LogP contribution in [0.25, 0.3) is 0 Å². The van der Waals surface area contributed by atoms with Gasteiger partial charge in [0.15, 0.2) is 0 Å². The van der Waals surface area contributed by atoms with E-state index in [9.17, 15) is 13.9 Å². The minimum absolute atomic E-state index is 0.0772. The smallest absolute Gasteiger partial charge is 0.137 e. The van der Waals surface area contributed by atoms with Crippen LogP contribution in [-0.2, 0) is 12.1 Å². The van der Waals surface area contributed by atoms with Crippen LogP contribution in [0.4, 0.5) is 8.78 Å². The molecule has 3 aromatic rings. The third kappa shape index (κ3) is 3.49. The van der Waals surface area contributed by atoms with Crippen LogP contribution >= 0.6 is 11.6 Å². The Hall–Kier alpha value is -2.45. The van der Waals surface area contributed by atoms with Crippen molar-refractivity contribution in [3.8, 4) is 0 Å². The van der Waals surface area contributed by atoms with E-state index in [2.05, 4.69) is 20.1 Å². The molecule has 0 unspecified atom stereocenters. The minimum atomic E-state index is -1.77. The number of hydrogen-bond donors (Lipinski definition) is 1. The first kappa shape index (κ1) is 17.4. The van der Waals surface area contributed by atoms with E-state index in [0.717, 1.165) is 12.1 Å². The summed E-state index contributed by atoms with van der Waals surface area (Å²) in [6.07, 6.45) is 3.95. The summed E-state index contributed by atoms with van der Waals surface area (Å²) in [4.78, 5) is 11.7. The van der Waals surface area contributed by atoms with Crippen LogP contribution in [-0.4, -0.2) is 29.8 Å².